The number of nitrogens with two attached hydrogens (primary N) is 1. The summed E-state index contributed by atoms with van der Waals surface area (Å²) >= 11 is 0. The van der Waals surface area contributed by atoms with Crippen molar-refractivity contribution in [3.63, 3.8) is 0 Å². The molecule has 102 valence electrons. The molecule has 2 atom stereocenters. The minimum atomic E-state index is -0.455. The van der Waals surface area contributed by atoms with E-state index in [4.69, 9.17) is 10.5 Å². The Balaban J connectivity index is 4.31. The van der Waals surface area contributed by atoms with Gasteiger partial charge in [0.25, 0.3) is 0 Å². The fourth-order valence-electron chi connectivity index (χ4n) is 1.57. The lowest BCUT2D eigenvalue weighted by Gasteiger charge is -2.30. The molecule has 3 N–H and O–H groups in total. The van der Waals surface area contributed by atoms with E-state index in [1.54, 1.807) is 6.92 Å². The quantitative estimate of drug-likeness (QED) is 0.684. The summed E-state index contributed by atoms with van der Waals surface area (Å²) in [6.07, 6.45) is 2.23. The van der Waals surface area contributed by atoms with Crippen LogP contribution in [0.5, 0.6) is 0 Å². The Bertz CT molecular complexity index is 223. The minimum Gasteiger partial charge on any atom is -0.361 e. The molecule has 0 saturated heterocycles. The van der Waals surface area contributed by atoms with Gasteiger partial charge in [0.15, 0.2) is 0 Å². The zero-order valence-electron chi connectivity index (χ0n) is 11.9. The fourth-order valence-corrected chi connectivity index (χ4v) is 1.57. The third-order valence-electron chi connectivity index (χ3n) is 3.34. The molecule has 0 aliphatic heterocycles. The molecule has 0 aromatic rings. The predicted octanol–water partition coefficient (Wildman–Crippen LogP) is 1.82. The van der Waals surface area contributed by atoms with Gasteiger partial charge >= 0.3 is 0 Å². The highest BCUT2D eigenvalue weighted by molar-refractivity contribution is 5.80. The molecule has 0 aliphatic carbocycles. The Morgan fingerprint density at radius 3 is 2.24 bits per heavy atom. The first-order valence-corrected chi connectivity index (χ1v) is 6.60. The standard InChI is InChI=1S/C13H28N2O2/c1-6-11(7-2)15-12(16)10(4)17-13(5,8-3)9-14/h10-11H,6-9,14H2,1-5H3,(H,15,16). The molecular weight excluding hydrogens is 216 g/mol. The van der Waals surface area contributed by atoms with E-state index in [1.807, 2.05) is 13.8 Å². The molecule has 0 bridgehead atoms. The van der Waals surface area contributed by atoms with E-state index in [9.17, 15) is 4.79 Å². The monoisotopic (exact) mass is 244 g/mol. The maximum atomic E-state index is 11.9. The van der Waals surface area contributed by atoms with Gasteiger partial charge in [0.2, 0.25) is 5.91 Å². The highest BCUT2D eigenvalue weighted by atomic mass is 16.5. The Hall–Kier alpha value is -0.610. The SMILES string of the molecule is CCC(CC)NC(=O)C(C)OC(C)(CC)CN. The molecule has 0 radical (unpaired) electrons. The molecule has 17 heavy (non-hydrogen) atoms. The van der Waals surface area contributed by atoms with Crippen LogP contribution in [0.3, 0.4) is 0 Å². The summed E-state index contributed by atoms with van der Waals surface area (Å²) in [6, 6.07) is 0.235. The molecule has 0 saturated carbocycles. The van der Waals surface area contributed by atoms with Crippen LogP contribution in [0.25, 0.3) is 0 Å². The molecule has 4 nitrogen and oxygen atoms in total. The first-order valence-electron chi connectivity index (χ1n) is 6.60. The fraction of sp³-hybridized carbons (Fsp3) is 0.923. The van der Waals surface area contributed by atoms with Crippen molar-refractivity contribution in [2.24, 2.45) is 5.73 Å². The maximum absolute atomic E-state index is 11.9. The normalized spacial score (nSPS) is 16.6. The lowest BCUT2D eigenvalue weighted by molar-refractivity contribution is -0.144. The Morgan fingerprint density at radius 2 is 1.88 bits per heavy atom. The number of carbonyl (C=O) groups excluding carboxylic acids is 1. The summed E-state index contributed by atoms with van der Waals surface area (Å²) in [4.78, 5) is 11.9. The number of carbonyl (C=O) groups is 1. The lowest BCUT2D eigenvalue weighted by Crippen LogP contribution is -2.47. The van der Waals surface area contributed by atoms with Gasteiger partial charge in [0.05, 0.1) is 5.60 Å². The van der Waals surface area contributed by atoms with Crippen LogP contribution in [-0.2, 0) is 9.53 Å². The number of nitrogens with one attached hydrogen (secondary N) is 1. The van der Waals surface area contributed by atoms with Gasteiger partial charge in [-0.25, -0.2) is 0 Å². The molecule has 0 rings (SSSR count). The van der Waals surface area contributed by atoms with Gasteiger partial charge < -0.3 is 15.8 Å². The topological polar surface area (TPSA) is 64.3 Å². The van der Waals surface area contributed by atoms with Crippen molar-refractivity contribution in [1.82, 2.24) is 5.32 Å². The summed E-state index contributed by atoms with van der Waals surface area (Å²) in [6.45, 7) is 10.3. The van der Waals surface area contributed by atoms with Crippen molar-refractivity contribution >= 4 is 5.91 Å². The van der Waals surface area contributed by atoms with Gasteiger partial charge in [0, 0.05) is 12.6 Å². The van der Waals surface area contributed by atoms with Crippen molar-refractivity contribution < 1.29 is 9.53 Å². The third-order valence-corrected chi connectivity index (χ3v) is 3.34. The second kappa shape index (κ2) is 7.67. The average Bonchev–Trinajstić information content (AvgIpc) is 2.35. The molecule has 0 aromatic heterocycles. The van der Waals surface area contributed by atoms with E-state index in [-0.39, 0.29) is 11.9 Å². The van der Waals surface area contributed by atoms with Crippen LogP contribution < -0.4 is 11.1 Å². The molecule has 0 spiro atoms. The summed E-state index contributed by atoms with van der Waals surface area (Å²) in [7, 11) is 0. The van der Waals surface area contributed by atoms with E-state index < -0.39 is 11.7 Å². The Labute approximate surface area is 105 Å². The average molecular weight is 244 g/mol. The van der Waals surface area contributed by atoms with E-state index in [0.717, 1.165) is 19.3 Å². The van der Waals surface area contributed by atoms with Crippen LogP contribution >= 0.6 is 0 Å². The zero-order chi connectivity index (χ0) is 13.5. The van der Waals surface area contributed by atoms with Gasteiger partial charge in [-0.1, -0.05) is 20.8 Å². The summed E-state index contributed by atoms with van der Waals surface area (Å²) in [5.41, 5.74) is 5.25. The molecule has 4 heteroatoms. The summed E-state index contributed by atoms with van der Waals surface area (Å²) < 4.78 is 5.75. The van der Waals surface area contributed by atoms with Crippen LogP contribution in [0.4, 0.5) is 0 Å². The Morgan fingerprint density at radius 1 is 1.35 bits per heavy atom. The molecular formula is C13H28N2O2. The van der Waals surface area contributed by atoms with Gasteiger partial charge in [-0.3, -0.25) is 4.79 Å². The van der Waals surface area contributed by atoms with Crippen molar-refractivity contribution in [2.75, 3.05) is 6.54 Å². The minimum absolute atomic E-state index is 0.0492. The number of hydrogen-bond donors (Lipinski definition) is 2. The van der Waals surface area contributed by atoms with E-state index in [2.05, 4.69) is 19.2 Å². The summed E-state index contributed by atoms with van der Waals surface area (Å²) in [5, 5.41) is 2.98. The van der Waals surface area contributed by atoms with Gasteiger partial charge in [-0.2, -0.15) is 0 Å². The van der Waals surface area contributed by atoms with Gasteiger partial charge in [0.1, 0.15) is 6.10 Å². The number of hydrogen-bond acceptors (Lipinski definition) is 3. The molecule has 1 amide bonds. The highest BCUT2D eigenvalue weighted by Gasteiger charge is 2.27. The van der Waals surface area contributed by atoms with Gasteiger partial charge in [-0.05, 0) is 33.1 Å². The number of amides is 1. The Kier molecular flexibility index (Phi) is 7.39. The van der Waals surface area contributed by atoms with Crippen LogP contribution in [0.2, 0.25) is 0 Å². The smallest absolute Gasteiger partial charge is 0.249 e. The largest absolute Gasteiger partial charge is 0.361 e. The third kappa shape index (κ3) is 5.50. The number of rotatable bonds is 8. The van der Waals surface area contributed by atoms with Crippen LogP contribution in [0.1, 0.15) is 53.9 Å². The van der Waals surface area contributed by atoms with Crippen LogP contribution in [-0.4, -0.2) is 30.2 Å². The molecule has 0 fully saturated rings. The van der Waals surface area contributed by atoms with Crippen LogP contribution in [0.15, 0.2) is 0 Å². The van der Waals surface area contributed by atoms with E-state index >= 15 is 0 Å². The molecule has 2 unspecified atom stereocenters. The van der Waals surface area contributed by atoms with E-state index in [1.165, 1.54) is 0 Å². The maximum Gasteiger partial charge on any atom is 0.249 e. The van der Waals surface area contributed by atoms with Gasteiger partial charge in [-0.15, -0.1) is 0 Å². The molecule has 0 aromatic carbocycles. The van der Waals surface area contributed by atoms with Crippen LogP contribution in [0, 0.1) is 0 Å². The van der Waals surface area contributed by atoms with Crippen molar-refractivity contribution in [1.29, 1.82) is 0 Å². The second-order valence-corrected chi connectivity index (χ2v) is 4.79. The van der Waals surface area contributed by atoms with Crippen molar-refractivity contribution in [2.45, 2.75) is 71.6 Å². The second-order valence-electron chi connectivity index (χ2n) is 4.79. The predicted molar refractivity (Wildman–Crippen MR) is 70.8 cm³/mol. The lowest BCUT2D eigenvalue weighted by atomic mass is 10.0. The first-order chi connectivity index (χ1) is 7.92. The van der Waals surface area contributed by atoms with Crippen molar-refractivity contribution in [3.05, 3.63) is 0 Å². The van der Waals surface area contributed by atoms with E-state index in [0.29, 0.717) is 6.54 Å². The summed E-state index contributed by atoms with van der Waals surface area (Å²) in [5.74, 6) is -0.0492. The highest BCUT2D eigenvalue weighted by Crippen LogP contribution is 2.16. The zero-order valence-corrected chi connectivity index (χ0v) is 11.9. The molecule has 0 heterocycles. The first kappa shape index (κ1) is 16.4. The molecule has 0 aliphatic rings. The van der Waals surface area contributed by atoms with Crippen molar-refractivity contribution in [3.8, 4) is 0 Å². The number of ether oxygens (including phenoxy) is 1.